The molecule has 0 aromatic heterocycles. The number of nitrogens with zero attached hydrogens (tertiary/aromatic N) is 1. The summed E-state index contributed by atoms with van der Waals surface area (Å²) in [7, 11) is 0. The highest BCUT2D eigenvalue weighted by atomic mass is 127. The van der Waals surface area contributed by atoms with E-state index in [1.807, 2.05) is 30.3 Å². The highest BCUT2D eigenvalue weighted by Gasteiger charge is 2.32. The van der Waals surface area contributed by atoms with Gasteiger partial charge in [0, 0.05) is 11.3 Å². The molecule has 0 radical (unpaired) electrons. The summed E-state index contributed by atoms with van der Waals surface area (Å²) in [6, 6.07) is 24.8. The summed E-state index contributed by atoms with van der Waals surface area (Å²) >= 11 is 11.1. The Labute approximate surface area is 294 Å². The summed E-state index contributed by atoms with van der Waals surface area (Å²) in [5.74, 6) is 0.208. The molecule has 1 atom stereocenters. The van der Waals surface area contributed by atoms with Crippen LogP contribution in [-0.2, 0) is 20.9 Å². The van der Waals surface area contributed by atoms with Crippen molar-refractivity contribution in [3.8, 4) is 11.5 Å². The first-order valence-electron chi connectivity index (χ1n) is 14.3. The number of hydrogen-bond donors (Lipinski definition) is 3. The van der Waals surface area contributed by atoms with Crippen molar-refractivity contribution in [2.45, 2.75) is 26.5 Å². The molecule has 0 saturated carbocycles. The molecule has 0 bridgehead atoms. The predicted octanol–water partition coefficient (Wildman–Crippen LogP) is 6.67. The lowest BCUT2D eigenvalue weighted by atomic mass is 9.95. The molecule has 1 aliphatic heterocycles. The molecule has 0 spiro atoms. The molecule has 0 fully saturated rings. The van der Waals surface area contributed by atoms with E-state index >= 15 is 0 Å². The number of ether oxygens (including phenoxy) is 3. The molecule has 1 aliphatic rings. The van der Waals surface area contributed by atoms with Gasteiger partial charge in [0.25, 0.3) is 5.91 Å². The zero-order chi connectivity index (χ0) is 32.6. The Morgan fingerprint density at radius 2 is 1.80 bits per heavy atom. The van der Waals surface area contributed by atoms with Crippen LogP contribution >= 0.6 is 50.7 Å². The zero-order valence-corrected chi connectivity index (χ0v) is 29.5. The van der Waals surface area contributed by atoms with Gasteiger partial charge in [-0.3, -0.25) is 4.79 Å². The lowest BCUT2D eigenvalue weighted by Gasteiger charge is -2.30. The Morgan fingerprint density at radius 3 is 2.59 bits per heavy atom. The van der Waals surface area contributed by atoms with Crippen molar-refractivity contribution in [2.24, 2.45) is 5.10 Å². The minimum Gasteiger partial charge on any atom is -0.487 e. The van der Waals surface area contributed by atoms with Gasteiger partial charge in [-0.1, -0.05) is 54.6 Å². The van der Waals surface area contributed by atoms with Crippen molar-refractivity contribution >= 4 is 84.7 Å². The maximum atomic E-state index is 12.8. The molecule has 1 amide bonds. The fourth-order valence-corrected chi connectivity index (χ4v) is 6.93. The van der Waals surface area contributed by atoms with Gasteiger partial charge in [-0.15, -0.1) is 0 Å². The fourth-order valence-electron chi connectivity index (χ4n) is 4.89. The third-order valence-electron chi connectivity index (χ3n) is 6.97. The van der Waals surface area contributed by atoms with Crippen LogP contribution in [0.2, 0.25) is 0 Å². The number of halogens is 2. The molecular formula is C34H30BrIN4O5S. The van der Waals surface area contributed by atoms with Crippen molar-refractivity contribution in [3.05, 3.63) is 115 Å². The average molecular weight is 814 g/mol. The quantitative estimate of drug-likeness (QED) is 0.0507. The van der Waals surface area contributed by atoms with E-state index in [1.54, 1.807) is 38.3 Å². The van der Waals surface area contributed by atoms with E-state index in [4.69, 9.17) is 26.4 Å². The van der Waals surface area contributed by atoms with Gasteiger partial charge in [0.05, 0.1) is 32.5 Å². The van der Waals surface area contributed by atoms with Crippen molar-refractivity contribution in [1.82, 2.24) is 16.1 Å². The number of allylic oxidation sites excluding steroid dienone is 1. The van der Waals surface area contributed by atoms with Crippen LogP contribution in [0.15, 0.2) is 99.7 Å². The van der Waals surface area contributed by atoms with Gasteiger partial charge in [-0.25, -0.2) is 10.2 Å². The number of para-hydroxylation sites is 1. The summed E-state index contributed by atoms with van der Waals surface area (Å²) in [6.45, 7) is 3.85. The second kappa shape index (κ2) is 15.5. The Hall–Kier alpha value is -4.01. The largest absolute Gasteiger partial charge is 0.487 e. The molecule has 1 heterocycles. The highest BCUT2D eigenvalue weighted by molar-refractivity contribution is 14.1. The summed E-state index contributed by atoms with van der Waals surface area (Å²) in [5.41, 5.74) is 5.93. The molecule has 236 valence electrons. The zero-order valence-electron chi connectivity index (χ0n) is 24.9. The average Bonchev–Trinajstić information content (AvgIpc) is 3.03. The molecule has 0 unspecified atom stereocenters. The van der Waals surface area contributed by atoms with Crippen molar-refractivity contribution in [3.63, 3.8) is 0 Å². The van der Waals surface area contributed by atoms with Gasteiger partial charge in [-0.05, 0) is 111 Å². The van der Waals surface area contributed by atoms with Crippen LogP contribution in [0.4, 0.5) is 0 Å². The molecule has 0 saturated heterocycles. The lowest BCUT2D eigenvalue weighted by molar-refractivity contribution is -0.139. The third-order valence-corrected chi connectivity index (χ3v) is 8.58. The van der Waals surface area contributed by atoms with Crippen LogP contribution in [0.3, 0.4) is 0 Å². The van der Waals surface area contributed by atoms with E-state index in [-0.39, 0.29) is 13.2 Å². The number of hydrazone groups is 1. The molecule has 5 rings (SSSR count). The first-order chi connectivity index (χ1) is 22.2. The molecule has 3 N–H and O–H groups in total. The normalized spacial score (nSPS) is 14.5. The molecular weight excluding hydrogens is 783 g/mol. The minimum atomic E-state index is -0.620. The molecule has 9 nitrogen and oxygen atoms in total. The number of nitrogens with one attached hydrogen (secondary N) is 3. The maximum absolute atomic E-state index is 12.8. The van der Waals surface area contributed by atoms with Gasteiger partial charge in [0.1, 0.15) is 18.1 Å². The number of fused-ring (bicyclic) bond motifs is 1. The van der Waals surface area contributed by atoms with Gasteiger partial charge in [0.15, 0.2) is 11.7 Å². The number of hydrogen-bond acceptors (Lipinski definition) is 7. The molecule has 4 aromatic carbocycles. The van der Waals surface area contributed by atoms with E-state index in [0.717, 1.165) is 24.9 Å². The fraction of sp³-hybridized carbons (Fsp3) is 0.176. The molecule has 0 aliphatic carbocycles. The van der Waals surface area contributed by atoms with Gasteiger partial charge >= 0.3 is 5.97 Å². The Kier molecular flexibility index (Phi) is 11.3. The van der Waals surface area contributed by atoms with E-state index in [0.29, 0.717) is 34.3 Å². The molecule has 4 aromatic rings. The van der Waals surface area contributed by atoms with Crippen LogP contribution in [0.25, 0.3) is 10.8 Å². The van der Waals surface area contributed by atoms with Crippen LogP contribution in [0.1, 0.15) is 36.6 Å². The Balaban J connectivity index is 1.19. The number of benzene rings is 4. The van der Waals surface area contributed by atoms with Crippen LogP contribution in [0, 0.1) is 3.57 Å². The Morgan fingerprint density at radius 1 is 1.04 bits per heavy atom. The van der Waals surface area contributed by atoms with Gasteiger partial charge < -0.3 is 24.8 Å². The minimum absolute atomic E-state index is 0.228. The maximum Gasteiger partial charge on any atom is 0.338 e. The molecule has 46 heavy (non-hydrogen) atoms. The smallest absolute Gasteiger partial charge is 0.338 e. The van der Waals surface area contributed by atoms with E-state index in [9.17, 15) is 9.59 Å². The SMILES string of the molecule is CCOC(=O)C1=C(C)NC(=S)N[C@H]1c1ccccc1OCC(=O)NN=Cc1cc(Br)c(OCc2ccc3ccccc3c2)c(I)c1. The topological polar surface area (TPSA) is 110 Å². The number of amides is 1. The summed E-state index contributed by atoms with van der Waals surface area (Å²) < 4.78 is 18.9. The number of carbonyl (C=O) groups is 2. The Bertz CT molecular complexity index is 1840. The van der Waals surface area contributed by atoms with Crippen molar-refractivity contribution in [2.75, 3.05) is 13.2 Å². The van der Waals surface area contributed by atoms with E-state index in [2.05, 4.69) is 90.0 Å². The third kappa shape index (κ3) is 8.22. The first kappa shape index (κ1) is 33.4. The van der Waals surface area contributed by atoms with Crippen LogP contribution < -0.4 is 25.5 Å². The van der Waals surface area contributed by atoms with Crippen LogP contribution in [0.5, 0.6) is 11.5 Å². The number of thiocarbonyl (C=S) groups is 1. The number of carbonyl (C=O) groups excluding carboxylic acids is 2. The lowest BCUT2D eigenvalue weighted by Crippen LogP contribution is -2.45. The molecule has 12 heteroatoms. The van der Waals surface area contributed by atoms with Crippen molar-refractivity contribution in [1.29, 1.82) is 0 Å². The second-order valence-electron chi connectivity index (χ2n) is 10.2. The second-order valence-corrected chi connectivity index (χ2v) is 12.6. The van der Waals surface area contributed by atoms with Gasteiger partial charge in [-0.2, -0.15) is 5.10 Å². The first-order valence-corrected chi connectivity index (χ1v) is 16.6. The highest BCUT2D eigenvalue weighted by Crippen LogP contribution is 2.34. The van der Waals surface area contributed by atoms with E-state index < -0.39 is 17.9 Å². The summed E-state index contributed by atoms with van der Waals surface area (Å²) in [5, 5.41) is 12.9. The van der Waals surface area contributed by atoms with E-state index in [1.165, 1.54) is 10.8 Å². The summed E-state index contributed by atoms with van der Waals surface area (Å²) in [4.78, 5) is 25.4. The van der Waals surface area contributed by atoms with Crippen molar-refractivity contribution < 1.29 is 23.8 Å². The number of esters is 1. The monoisotopic (exact) mass is 812 g/mol. The number of rotatable bonds is 11. The van der Waals surface area contributed by atoms with Crippen LogP contribution in [-0.4, -0.2) is 36.4 Å². The van der Waals surface area contributed by atoms with Gasteiger partial charge in [0.2, 0.25) is 0 Å². The summed E-state index contributed by atoms with van der Waals surface area (Å²) in [6.07, 6.45) is 1.55. The predicted molar refractivity (Wildman–Crippen MR) is 194 cm³/mol. The standard InChI is InChI=1S/C34H30BrIN4O5S/c1-3-43-33(42)30-20(2)38-34(46)39-31(30)25-10-6-7-11-28(25)44-19-29(41)40-37-17-22-15-26(35)32(27(36)16-22)45-18-21-12-13-23-8-4-5-9-24(23)14-21/h4-17,31H,3,18-19H2,1-2H3,(H,40,41)(H2,38,39,46)/t31-/m0/s1.